The van der Waals surface area contributed by atoms with Crippen molar-refractivity contribution in [2.45, 2.75) is 6.92 Å². The van der Waals surface area contributed by atoms with Crippen molar-refractivity contribution in [1.29, 1.82) is 0 Å². The lowest BCUT2D eigenvalue weighted by Gasteiger charge is -2.13. The maximum atomic E-state index is 12.9. The molecule has 0 saturated heterocycles. The largest absolute Gasteiger partial charge is 0.309 e. The molecular weight excluding hydrogens is 217 g/mol. The molecule has 0 aliphatic rings. The molecule has 0 unspecified atom stereocenters. The number of hydrogen-bond acceptors (Lipinski definition) is 2. The minimum atomic E-state index is -0.291. The summed E-state index contributed by atoms with van der Waals surface area (Å²) in [5.74, 6) is -0.279. The molecule has 1 aromatic rings. The van der Waals surface area contributed by atoms with Gasteiger partial charge in [-0.1, -0.05) is 25.1 Å². The Morgan fingerprint density at radius 1 is 1.47 bits per heavy atom. The second-order valence-electron chi connectivity index (χ2n) is 4.45. The van der Waals surface area contributed by atoms with Crippen molar-refractivity contribution in [1.82, 2.24) is 4.90 Å². The molecule has 0 spiro atoms. The summed E-state index contributed by atoms with van der Waals surface area (Å²) in [6, 6.07) is 6.18. The van der Waals surface area contributed by atoms with Gasteiger partial charge in [-0.2, -0.15) is 0 Å². The Bertz CT molecular complexity index is 412. The zero-order chi connectivity index (χ0) is 12.8. The quantitative estimate of drug-likeness (QED) is 0.731. The third-order valence-electron chi connectivity index (χ3n) is 2.41. The van der Waals surface area contributed by atoms with Crippen LogP contribution >= 0.6 is 0 Å². The summed E-state index contributed by atoms with van der Waals surface area (Å²) in [7, 11) is 3.86. The summed E-state index contributed by atoms with van der Waals surface area (Å²) in [4.78, 5) is 13.7. The number of nitrogens with zero attached hydrogens (tertiary/aromatic N) is 1. The van der Waals surface area contributed by atoms with Gasteiger partial charge >= 0.3 is 0 Å². The van der Waals surface area contributed by atoms with Crippen LogP contribution < -0.4 is 0 Å². The number of rotatable bonds is 5. The number of carbonyl (C=O) groups excluding carboxylic acids is 1. The highest BCUT2D eigenvalue weighted by atomic mass is 19.1. The number of allylic oxidation sites excluding steroid dienone is 1. The number of carbonyl (C=O) groups is 1. The molecule has 0 fully saturated rings. The Morgan fingerprint density at radius 2 is 2.18 bits per heavy atom. The standard InChI is InChI=1S/C14H18FNO/c1-11(10-16(2)3)14(17)8-7-12-5-4-6-13(15)9-12/h4-9,11H,10H2,1-3H3/b8-7+/t11-/m1/s1. The van der Waals surface area contributed by atoms with Gasteiger partial charge in [0.05, 0.1) is 0 Å². The van der Waals surface area contributed by atoms with Crippen LogP contribution in [0.25, 0.3) is 6.08 Å². The Balaban J connectivity index is 2.62. The Kier molecular flexibility index (Phi) is 5.04. The maximum absolute atomic E-state index is 12.9. The first-order valence-electron chi connectivity index (χ1n) is 5.61. The van der Waals surface area contributed by atoms with E-state index < -0.39 is 0 Å². The van der Waals surface area contributed by atoms with Crippen LogP contribution in [-0.4, -0.2) is 31.3 Å². The monoisotopic (exact) mass is 235 g/mol. The summed E-state index contributed by atoms with van der Waals surface area (Å²) in [5.41, 5.74) is 0.704. The SMILES string of the molecule is C[C@H](CN(C)C)C(=O)/C=C/c1cccc(F)c1. The molecule has 0 heterocycles. The van der Waals surface area contributed by atoms with Gasteiger partial charge in [0, 0.05) is 12.5 Å². The molecule has 2 nitrogen and oxygen atoms in total. The van der Waals surface area contributed by atoms with Gasteiger partial charge in [-0.25, -0.2) is 4.39 Å². The van der Waals surface area contributed by atoms with Gasteiger partial charge in [0.25, 0.3) is 0 Å². The van der Waals surface area contributed by atoms with Crippen molar-refractivity contribution in [3.63, 3.8) is 0 Å². The molecule has 0 amide bonds. The highest BCUT2D eigenvalue weighted by Gasteiger charge is 2.10. The van der Waals surface area contributed by atoms with E-state index in [4.69, 9.17) is 0 Å². The first-order valence-corrected chi connectivity index (χ1v) is 5.61. The van der Waals surface area contributed by atoms with E-state index in [0.717, 1.165) is 0 Å². The molecule has 0 radical (unpaired) electrons. The van der Waals surface area contributed by atoms with Crippen molar-refractivity contribution in [3.05, 3.63) is 41.7 Å². The summed E-state index contributed by atoms with van der Waals surface area (Å²) >= 11 is 0. The predicted octanol–water partition coefficient (Wildman–Crippen LogP) is 2.61. The third kappa shape index (κ3) is 4.91. The van der Waals surface area contributed by atoms with E-state index in [0.29, 0.717) is 12.1 Å². The lowest BCUT2D eigenvalue weighted by molar-refractivity contribution is -0.118. The van der Waals surface area contributed by atoms with Crippen LogP contribution in [0.3, 0.4) is 0 Å². The molecule has 1 atom stereocenters. The molecule has 0 aliphatic carbocycles. The first kappa shape index (κ1) is 13.6. The van der Waals surface area contributed by atoms with Gasteiger partial charge < -0.3 is 4.90 Å². The molecule has 0 bridgehead atoms. The van der Waals surface area contributed by atoms with E-state index in [-0.39, 0.29) is 17.5 Å². The van der Waals surface area contributed by atoms with Gasteiger partial charge in [-0.05, 0) is 37.9 Å². The minimum Gasteiger partial charge on any atom is -0.309 e. The summed E-state index contributed by atoms with van der Waals surface area (Å²) in [6.07, 6.45) is 3.17. The van der Waals surface area contributed by atoms with E-state index in [1.165, 1.54) is 18.2 Å². The molecule has 0 N–H and O–H groups in total. The molecule has 0 saturated carbocycles. The lowest BCUT2D eigenvalue weighted by Crippen LogP contribution is -2.24. The van der Waals surface area contributed by atoms with Crippen molar-refractivity contribution in [3.8, 4) is 0 Å². The van der Waals surface area contributed by atoms with Crippen LogP contribution in [0, 0.1) is 11.7 Å². The van der Waals surface area contributed by atoms with Crippen molar-refractivity contribution < 1.29 is 9.18 Å². The second-order valence-corrected chi connectivity index (χ2v) is 4.45. The van der Waals surface area contributed by atoms with Crippen molar-refractivity contribution >= 4 is 11.9 Å². The zero-order valence-electron chi connectivity index (χ0n) is 10.5. The van der Waals surface area contributed by atoms with Crippen LogP contribution in [0.1, 0.15) is 12.5 Å². The molecule has 1 rings (SSSR count). The van der Waals surface area contributed by atoms with Crippen LogP contribution in [0.15, 0.2) is 30.3 Å². The van der Waals surface area contributed by atoms with Crippen molar-refractivity contribution in [2.24, 2.45) is 5.92 Å². The van der Waals surface area contributed by atoms with Gasteiger partial charge in [-0.15, -0.1) is 0 Å². The first-order chi connectivity index (χ1) is 7.99. The van der Waals surface area contributed by atoms with Gasteiger partial charge in [0.2, 0.25) is 0 Å². The summed E-state index contributed by atoms with van der Waals surface area (Å²) < 4.78 is 12.9. The van der Waals surface area contributed by atoms with Gasteiger partial charge in [0.15, 0.2) is 5.78 Å². The van der Waals surface area contributed by atoms with E-state index in [2.05, 4.69) is 0 Å². The number of halogens is 1. The molecule has 0 aliphatic heterocycles. The van der Waals surface area contributed by atoms with Crippen LogP contribution in [-0.2, 0) is 4.79 Å². The highest BCUT2D eigenvalue weighted by Crippen LogP contribution is 2.07. The minimum absolute atomic E-state index is 0.0465. The normalized spacial score (nSPS) is 13.2. The summed E-state index contributed by atoms with van der Waals surface area (Å²) in [5, 5.41) is 0. The lowest BCUT2D eigenvalue weighted by atomic mass is 10.0. The zero-order valence-corrected chi connectivity index (χ0v) is 10.5. The third-order valence-corrected chi connectivity index (χ3v) is 2.41. The predicted molar refractivity (Wildman–Crippen MR) is 68.2 cm³/mol. The van der Waals surface area contributed by atoms with Crippen LogP contribution in [0.2, 0.25) is 0 Å². The van der Waals surface area contributed by atoms with Crippen molar-refractivity contribution in [2.75, 3.05) is 20.6 Å². The fourth-order valence-electron chi connectivity index (χ4n) is 1.59. The molecule has 1 aromatic carbocycles. The smallest absolute Gasteiger partial charge is 0.159 e. The number of hydrogen-bond donors (Lipinski definition) is 0. The fourth-order valence-corrected chi connectivity index (χ4v) is 1.59. The van der Waals surface area contributed by atoms with Gasteiger partial charge in [0.1, 0.15) is 5.82 Å². The van der Waals surface area contributed by atoms with E-state index >= 15 is 0 Å². The van der Waals surface area contributed by atoms with E-state index in [1.807, 2.05) is 25.9 Å². The van der Waals surface area contributed by atoms with Crippen LogP contribution in [0.4, 0.5) is 4.39 Å². The fraction of sp³-hybridized carbons (Fsp3) is 0.357. The topological polar surface area (TPSA) is 20.3 Å². The van der Waals surface area contributed by atoms with E-state index in [1.54, 1.807) is 18.2 Å². The Labute approximate surface area is 102 Å². The molecular formula is C14H18FNO. The van der Waals surface area contributed by atoms with Gasteiger partial charge in [-0.3, -0.25) is 4.79 Å². The number of benzene rings is 1. The molecule has 17 heavy (non-hydrogen) atoms. The average Bonchev–Trinajstić information content (AvgIpc) is 2.25. The van der Waals surface area contributed by atoms with Crippen LogP contribution in [0.5, 0.6) is 0 Å². The van der Waals surface area contributed by atoms with E-state index in [9.17, 15) is 9.18 Å². The summed E-state index contributed by atoms with van der Waals surface area (Å²) in [6.45, 7) is 2.60. The second kappa shape index (κ2) is 6.30. The highest BCUT2D eigenvalue weighted by molar-refractivity contribution is 5.95. The maximum Gasteiger partial charge on any atom is 0.159 e. The Morgan fingerprint density at radius 3 is 2.76 bits per heavy atom. The Hall–Kier alpha value is -1.48. The number of ketones is 1. The molecule has 92 valence electrons. The molecule has 3 heteroatoms. The average molecular weight is 235 g/mol. The molecule has 0 aromatic heterocycles.